The molecule has 9 nitrogen and oxygen atoms in total. The zero-order valence-corrected chi connectivity index (χ0v) is 17.2. The van der Waals surface area contributed by atoms with E-state index in [2.05, 4.69) is 20.3 Å². The van der Waals surface area contributed by atoms with Crippen LogP contribution in [0.2, 0.25) is 5.02 Å². The Balaban J connectivity index is 1.58. The lowest BCUT2D eigenvalue weighted by molar-refractivity contribution is -0.120. The molecule has 2 aromatic heterocycles. The van der Waals surface area contributed by atoms with E-state index >= 15 is 0 Å². The van der Waals surface area contributed by atoms with E-state index in [0.717, 1.165) is 5.56 Å². The van der Waals surface area contributed by atoms with Gasteiger partial charge in [-0.3, -0.25) is 14.5 Å². The fraction of sp³-hybridized carbons (Fsp3) is 0.190. The highest BCUT2D eigenvalue weighted by atomic mass is 35.5. The van der Waals surface area contributed by atoms with Crippen molar-refractivity contribution in [3.63, 3.8) is 0 Å². The lowest BCUT2D eigenvalue weighted by Gasteiger charge is -2.19. The smallest absolute Gasteiger partial charge is 0.289 e. The highest BCUT2D eigenvalue weighted by Crippen LogP contribution is 2.30. The number of amides is 2. The van der Waals surface area contributed by atoms with Crippen LogP contribution in [0.4, 0.5) is 5.82 Å². The number of carbonyl (C=O) groups excluding carboxylic acids is 2. The van der Waals surface area contributed by atoms with Crippen LogP contribution in [0.15, 0.2) is 48.8 Å². The normalized spacial score (nSPS) is 15.6. The molecule has 2 N–H and O–H groups in total. The molecule has 1 aromatic carbocycles. The molecule has 2 amide bonds. The predicted molar refractivity (Wildman–Crippen MR) is 113 cm³/mol. The van der Waals surface area contributed by atoms with E-state index in [4.69, 9.17) is 16.3 Å². The van der Waals surface area contributed by atoms with E-state index in [1.807, 2.05) is 30.3 Å². The molecule has 1 aliphatic rings. The predicted octanol–water partition coefficient (Wildman–Crippen LogP) is 1.84. The number of likely N-dealkylation sites (N-methyl/N-ethyl adjacent to an activating group) is 1. The summed E-state index contributed by atoms with van der Waals surface area (Å²) in [5, 5.41) is 12.6. The summed E-state index contributed by atoms with van der Waals surface area (Å²) in [5.41, 5.74) is 1.65. The van der Waals surface area contributed by atoms with E-state index in [1.165, 1.54) is 24.3 Å². The van der Waals surface area contributed by atoms with Crippen LogP contribution in [0.5, 0.6) is 5.75 Å². The zero-order chi connectivity index (χ0) is 22.0. The summed E-state index contributed by atoms with van der Waals surface area (Å²) in [7, 11) is 1.54. The van der Waals surface area contributed by atoms with Gasteiger partial charge in [0.15, 0.2) is 11.6 Å². The number of aliphatic hydroxyl groups excluding tert-OH is 1. The number of nitrogens with zero attached hydrogens (tertiary/aromatic N) is 4. The Morgan fingerprint density at radius 1 is 1.29 bits per heavy atom. The van der Waals surface area contributed by atoms with Gasteiger partial charge in [0.1, 0.15) is 12.6 Å². The first-order valence-corrected chi connectivity index (χ1v) is 9.74. The first kappa shape index (κ1) is 20.7. The summed E-state index contributed by atoms with van der Waals surface area (Å²) in [6.45, 7) is -0.385. The third-order valence-electron chi connectivity index (χ3n) is 4.74. The van der Waals surface area contributed by atoms with E-state index in [9.17, 15) is 14.7 Å². The molecule has 1 unspecified atom stereocenters. The van der Waals surface area contributed by atoms with Gasteiger partial charge in [-0.25, -0.2) is 15.0 Å². The van der Waals surface area contributed by atoms with Crippen LogP contribution in [0.3, 0.4) is 0 Å². The number of aromatic nitrogens is 3. The number of hydrogen-bond acceptors (Lipinski definition) is 7. The molecule has 0 spiro atoms. The third kappa shape index (κ3) is 4.18. The number of rotatable bonds is 4. The van der Waals surface area contributed by atoms with E-state index in [0.29, 0.717) is 27.8 Å². The highest BCUT2D eigenvalue weighted by Gasteiger charge is 2.32. The van der Waals surface area contributed by atoms with Gasteiger partial charge in [-0.1, -0.05) is 41.9 Å². The molecule has 0 bridgehead atoms. The molecule has 4 rings (SSSR count). The van der Waals surface area contributed by atoms with Crippen molar-refractivity contribution in [3.05, 3.63) is 65.2 Å². The molecular weight excluding hydrogens is 422 g/mol. The first-order valence-electron chi connectivity index (χ1n) is 9.37. The van der Waals surface area contributed by atoms with Crippen molar-refractivity contribution in [3.8, 4) is 17.0 Å². The number of anilines is 1. The molecule has 0 aliphatic carbocycles. The Morgan fingerprint density at radius 3 is 2.81 bits per heavy atom. The molecule has 1 atom stereocenters. The highest BCUT2D eigenvalue weighted by molar-refractivity contribution is 6.30. The number of benzene rings is 1. The number of fused-ring (bicyclic) bond motifs is 1. The van der Waals surface area contributed by atoms with Crippen LogP contribution < -0.4 is 15.0 Å². The van der Waals surface area contributed by atoms with E-state index in [1.54, 1.807) is 6.07 Å². The van der Waals surface area contributed by atoms with Gasteiger partial charge in [0.05, 0.1) is 17.3 Å². The fourth-order valence-electron chi connectivity index (χ4n) is 3.16. The Bertz CT molecular complexity index is 1140. The maximum Gasteiger partial charge on any atom is 0.289 e. The maximum absolute atomic E-state index is 12.8. The molecule has 0 fully saturated rings. The van der Waals surface area contributed by atoms with Gasteiger partial charge >= 0.3 is 0 Å². The van der Waals surface area contributed by atoms with Crippen molar-refractivity contribution in [2.24, 2.45) is 0 Å². The second kappa shape index (κ2) is 8.66. The van der Waals surface area contributed by atoms with Gasteiger partial charge in [0.25, 0.3) is 11.8 Å². The summed E-state index contributed by atoms with van der Waals surface area (Å²) in [5.74, 6) is -0.531. The molecular formula is C21H18ClN5O4. The van der Waals surface area contributed by atoms with Crippen LogP contribution in [0.1, 0.15) is 16.2 Å². The number of nitrogens with one attached hydrogen (secondary N) is 1. The number of ether oxygens (including phenoxy) is 1. The Morgan fingerprint density at radius 2 is 2.06 bits per heavy atom. The average Bonchev–Trinajstić information content (AvgIpc) is 2.91. The van der Waals surface area contributed by atoms with Crippen LogP contribution in [-0.2, 0) is 11.4 Å². The van der Waals surface area contributed by atoms with Crippen molar-refractivity contribution in [2.45, 2.75) is 12.6 Å². The molecule has 0 saturated heterocycles. The largest absolute Gasteiger partial charge is 0.487 e. The summed E-state index contributed by atoms with van der Waals surface area (Å²) >= 11 is 5.95. The van der Waals surface area contributed by atoms with Gasteiger partial charge in [-0.15, -0.1) is 0 Å². The molecule has 0 saturated carbocycles. The summed E-state index contributed by atoms with van der Waals surface area (Å²) in [6.07, 6.45) is 2.80. The van der Waals surface area contributed by atoms with E-state index < -0.39 is 17.9 Å². The molecule has 3 aromatic rings. The maximum atomic E-state index is 12.8. The van der Waals surface area contributed by atoms with Crippen molar-refractivity contribution >= 4 is 29.2 Å². The number of halogens is 1. The van der Waals surface area contributed by atoms with Crippen molar-refractivity contribution in [1.29, 1.82) is 0 Å². The zero-order valence-electron chi connectivity index (χ0n) is 16.4. The summed E-state index contributed by atoms with van der Waals surface area (Å²) < 4.78 is 5.65. The number of pyridine rings is 1. The van der Waals surface area contributed by atoms with Crippen LogP contribution in [-0.4, -0.2) is 51.6 Å². The lowest BCUT2D eigenvalue weighted by Crippen LogP contribution is -2.49. The lowest BCUT2D eigenvalue weighted by atomic mass is 10.1. The minimum absolute atomic E-state index is 0.107. The quantitative estimate of drug-likeness (QED) is 0.636. The third-order valence-corrected chi connectivity index (χ3v) is 4.95. The van der Waals surface area contributed by atoms with Crippen molar-refractivity contribution in [2.75, 3.05) is 18.6 Å². The van der Waals surface area contributed by atoms with Crippen LogP contribution in [0.25, 0.3) is 11.3 Å². The standard InChI is InChI=1S/C21H18ClN5O4/c1-27-19-16(7-14(22)9-24-19)31-11-15(21(27)30)25-20(29)18-23-8-13(10-28)17(26-18)12-5-3-2-4-6-12/h2-9,15,28H,10-11H2,1H3,(H,25,29). The van der Waals surface area contributed by atoms with Gasteiger partial charge in [0, 0.05) is 36.6 Å². The number of aliphatic hydroxyl groups is 1. The molecule has 3 heterocycles. The molecule has 31 heavy (non-hydrogen) atoms. The fourth-order valence-corrected chi connectivity index (χ4v) is 3.31. The summed E-state index contributed by atoms with van der Waals surface area (Å²) in [4.78, 5) is 39.5. The second-order valence-electron chi connectivity index (χ2n) is 6.80. The van der Waals surface area contributed by atoms with Crippen molar-refractivity contribution < 1.29 is 19.4 Å². The molecule has 0 radical (unpaired) electrons. The second-order valence-corrected chi connectivity index (χ2v) is 7.24. The molecule has 10 heteroatoms. The molecule has 158 valence electrons. The first-order chi connectivity index (χ1) is 15.0. The van der Waals surface area contributed by atoms with Gasteiger partial charge in [-0.05, 0) is 0 Å². The van der Waals surface area contributed by atoms with Crippen molar-refractivity contribution in [1.82, 2.24) is 20.3 Å². The van der Waals surface area contributed by atoms with Crippen LogP contribution >= 0.6 is 11.6 Å². The SMILES string of the molecule is CN1C(=O)C(NC(=O)c2ncc(CO)c(-c3ccccc3)n2)COc2cc(Cl)cnc21. The minimum atomic E-state index is -0.980. The monoisotopic (exact) mass is 439 g/mol. The Labute approximate surface area is 182 Å². The van der Waals surface area contributed by atoms with Gasteiger partial charge in [-0.2, -0.15) is 0 Å². The molecule has 1 aliphatic heterocycles. The van der Waals surface area contributed by atoms with Crippen LogP contribution in [0, 0.1) is 0 Å². The summed E-state index contributed by atoms with van der Waals surface area (Å²) in [6, 6.07) is 9.71. The number of carbonyl (C=O) groups is 2. The average molecular weight is 440 g/mol. The number of hydrogen-bond donors (Lipinski definition) is 2. The Kier molecular flexibility index (Phi) is 5.79. The van der Waals surface area contributed by atoms with Gasteiger partial charge in [0.2, 0.25) is 5.82 Å². The van der Waals surface area contributed by atoms with Gasteiger partial charge < -0.3 is 15.2 Å². The Hall–Kier alpha value is -3.56. The topological polar surface area (TPSA) is 118 Å². The van der Waals surface area contributed by atoms with E-state index in [-0.39, 0.29) is 19.0 Å². The minimum Gasteiger partial charge on any atom is -0.487 e.